The fourth-order valence-corrected chi connectivity index (χ4v) is 3.01. The van der Waals surface area contributed by atoms with Crippen LogP contribution < -0.4 is 10.3 Å². The van der Waals surface area contributed by atoms with Crippen LogP contribution in [-0.2, 0) is 0 Å². The van der Waals surface area contributed by atoms with Gasteiger partial charge in [-0.2, -0.15) is 9.78 Å². The lowest BCUT2D eigenvalue weighted by Crippen LogP contribution is -2.25. The van der Waals surface area contributed by atoms with Crippen LogP contribution in [0.5, 0.6) is 5.75 Å². The predicted molar refractivity (Wildman–Crippen MR) is 106 cm³/mol. The Bertz CT molecular complexity index is 1190. The Hall–Kier alpha value is -3.25. The van der Waals surface area contributed by atoms with E-state index in [1.54, 1.807) is 72.8 Å². The summed E-state index contributed by atoms with van der Waals surface area (Å²) in [4.78, 5) is 25.6. The highest BCUT2D eigenvalue weighted by molar-refractivity contribution is 9.10. The molecule has 0 aliphatic rings. The maximum Gasteiger partial charge on any atom is 0.364 e. The van der Waals surface area contributed by atoms with Crippen molar-refractivity contribution in [1.29, 1.82) is 0 Å². The topological polar surface area (TPSA) is 61.2 Å². The summed E-state index contributed by atoms with van der Waals surface area (Å²) in [5.74, 6) is -0.232. The van der Waals surface area contributed by atoms with Crippen molar-refractivity contribution in [3.05, 3.63) is 99.4 Å². The summed E-state index contributed by atoms with van der Waals surface area (Å²) in [5, 5.41) is 5.16. The summed E-state index contributed by atoms with van der Waals surface area (Å²) >= 11 is 3.34. The van der Waals surface area contributed by atoms with Gasteiger partial charge in [-0.05, 0) is 42.5 Å². The van der Waals surface area contributed by atoms with Crippen LogP contribution in [0, 0.1) is 0 Å². The third-order valence-electron chi connectivity index (χ3n) is 4.02. The van der Waals surface area contributed by atoms with Gasteiger partial charge in [0.05, 0.1) is 11.1 Å². The first-order valence-corrected chi connectivity index (χ1v) is 8.98. The van der Waals surface area contributed by atoms with E-state index in [2.05, 4.69) is 21.0 Å². The van der Waals surface area contributed by atoms with Crippen LogP contribution in [0.2, 0.25) is 0 Å². The number of rotatable bonds is 3. The van der Waals surface area contributed by atoms with E-state index in [0.717, 1.165) is 4.47 Å². The Morgan fingerprint density at radius 1 is 0.852 bits per heavy atom. The van der Waals surface area contributed by atoms with E-state index in [0.29, 0.717) is 22.2 Å². The number of hydrogen-bond acceptors (Lipinski definition) is 4. The van der Waals surface area contributed by atoms with Crippen molar-refractivity contribution in [2.24, 2.45) is 0 Å². The molecule has 0 aliphatic carbocycles. The summed E-state index contributed by atoms with van der Waals surface area (Å²) in [6.07, 6.45) is 0. The van der Waals surface area contributed by atoms with Crippen molar-refractivity contribution in [2.45, 2.75) is 0 Å². The van der Waals surface area contributed by atoms with E-state index in [-0.39, 0.29) is 11.3 Å². The second-order valence-electron chi connectivity index (χ2n) is 5.79. The molecule has 0 radical (unpaired) electrons. The normalized spacial score (nSPS) is 10.7. The largest absolute Gasteiger partial charge is 0.422 e. The highest BCUT2D eigenvalue weighted by Crippen LogP contribution is 2.20. The van der Waals surface area contributed by atoms with E-state index in [4.69, 9.17) is 4.74 Å². The molecule has 1 heterocycles. The molecule has 0 unspecified atom stereocenters. The first-order valence-electron chi connectivity index (χ1n) is 8.19. The second kappa shape index (κ2) is 7.17. The van der Waals surface area contributed by atoms with Crippen molar-refractivity contribution >= 4 is 32.7 Å². The van der Waals surface area contributed by atoms with Crippen molar-refractivity contribution in [3.63, 3.8) is 0 Å². The summed E-state index contributed by atoms with van der Waals surface area (Å²) in [6.45, 7) is 0. The lowest BCUT2D eigenvalue weighted by molar-refractivity contribution is 0.0729. The number of carbonyl (C=O) groups is 1. The molecule has 0 amide bonds. The molecule has 4 aromatic rings. The number of aromatic nitrogens is 2. The van der Waals surface area contributed by atoms with E-state index >= 15 is 0 Å². The highest BCUT2D eigenvalue weighted by Gasteiger charge is 2.19. The van der Waals surface area contributed by atoms with Gasteiger partial charge in [0, 0.05) is 9.86 Å². The lowest BCUT2D eigenvalue weighted by atomic mass is 10.1. The molecule has 4 rings (SSSR count). The van der Waals surface area contributed by atoms with E-state index in [1.165, 1.54) is 4.68 Å². The van der Waals surface area contributed by atoms with Crippen LogP contribution in [0.3, 0.4) is 0 Å². The molecular formula is C21H13BrN2O3. The molecular weight excluding hydrogens is 408 g/mol. The molecule has 0 N–H and O–H groups in total. The first kappa shape index (κ1) is 17.2. The number of fused-ring (bicyclic) bond motifs is 1. The SMILES string of the molecule is O=C(Oc1ccc(Br)cc1)c1nn(-c2ccccc2)c(=O)c2ccccc12. The molecule has 0 bridgehead atoms. The number of ether oxygens (including phenoxy) is 1. The van der Waals surface area contributed by atoms with Gasteiger partial charge < -0.3 is 4.74 Å². The summed E-state index contributed by atoms with van der Waals surface area (Å²) in [6, 6.07) is 22.8. The van der Waals surface area contributed by atoms with Crippen molar-refractivity contribution < 1.29 is 9.53 Å². The maximum atomic E-state index is 12.8. The van der Waals surface area contributed by atoms with Gasteiger partial charge in [0.1, 0.15) is 5.75 Å². The second-order valence-corrected chi connectivity index (χ2v) is 6.71. The van der Waals surface area contributed by atoms with Crippen LogP contribution in [-0.4, -0.2) is 15.7 Å². The van der Waals surface area contributed by atoms with Gasteiger partial charge in [-0.1, -0.05) is 52.3 Å². The number of hydrogen-bond donors (Lipinski definition) is 0. The van der Waals surface area contributed by atoms with Crippen LogP contribution in [0.15, 0.2) is 88.1 Å². The summed E-state index contributed by atoms with van der Waals surface area (Å²) < 4.78 is 7.56. The molecule has 0 spiro atoms. The monoisotopic (exact) mass is 420 g/mol. The minimum Gasteiger partial charge on any atom is -0.422 e. The predicted octanol–water partition coefficient (Wildman–Crippen LogP) is 4.37. The molecule has 27 heavy (non-hydrogen) atoms. The minimum absolute atomic E-state index is 0.0805. The molecule has 6 heteroatoms. The third kappa shape index (κ3) is 3.39. The van der Waals surface area contributed by atoms with E-state index in [9.17, 15) is 9.59 Å². The molecule has 3 aromatic carbocycles. The Labute approximate surface area is 163 Å². The standard InChI is InChI=1S/C21H13BrN2O3/c22-14-10-12-16(13-11-14)27-21(26)19-17-8-4-5-9-18(17)20(25)24(23-19)15-6-2-1-3-7-15/h1-13H. The first-order chi connectivity index (χ1) is 13.1. The number of para-hydroxylation sites is 1. The summed E-state index contributed by atoms with van der Waals surface area (Å²) in [5.41, 5.74) is 0.361. The lowest BCUT2D eigenvalue weighted by Gasteiger charge is -2.11. The van der Waals surface area contributed by atoms with Crippen LogP contribution in [0.4, 0.5) is 0 Å². The zero-order chi connectivity index (χ0) is 18.8. The molecule has 5 nitrogen and oxygen atoms in total. The Balaban J connectivity index is 1.86. The van der Waals surface area contributed by atoms with Gasteiger partial charge in [-0.25, -0.2) is 4.79 Å². The van der Waals surface area contributed by atoms with Gasteiger partial charge in [-0.15, -0.1) is 0 Å². The van der Waals surface area contributed by atoms with Crippen LogP contribution >= 0.6 is 15.9 Å². The Morgan fingerprint density at radius 2 is 1.48 bits per heavy atom. The molecule has 0 fully saturated rings. The van der Waals surface area contributed by atoms with Crippen LogP contribution in [0.1, 0.15) is 10.5 Å². The maximum absolute atomic E-state index is 12.8. The van der Waals surface area contributed by atoms with Crippen LogP contribution in [0.25, 0.3) is 16.5 Å². The van der Waals surface area contributed by atoms with E-state index in [1.807, 2.05) is 6.07 Å². The smallest absolute Gasteiger partial charge is 0.364 e. The van der Waals surface area contributed by atoms with Crippen molar-refractivity contribution in [2.75, 3.05) is 0 Å². The van der Waals surface area contributed by atoms with Crippen molar-refractivity contribution in [3.8, 4) is 11.4 Å². The van der Waals surface area contributed by atoms with Gasteiger partial charge in [-0.3, -0.25) is 4.79 Å². The summed E-state index contributed by atoms with van der Waals surface area (Å²) in [7, 11) is 0. The zero-order valence-electron chi connectivity index (χ0n) is 14.0. The average molecular weight is 421 g/mol. The zero-order valence-corrected chi connectivity index (χ0v) is 15.6. The Morgan fingerprint density at radius 3 is 2.19 bits per heavy atom. The fourth-order valence-electron chi connectivity index (χ4n) is 2.74. The molecule has 0 aliphatic heterocycles. The fraction of sp³-hybridized carbons (Fsp3) is 0. The molecule has 0 saturated carbocycles. The van der Waals surface area contributed by atoms with Gasteiger partial charge >= 0.3 is 5.97 Å². The van der Waals surface area contributed by atoms with Gasteiger partial charge in [0.25, 0.3) is 5.56 Å². The molecule has 132 valence electrons. The number of esters is 1. The number of nitrogens with zero attached hydrogens (tertiary/aromatic N) is 2. The average Bonchev–Trinajstić information content (AvgIpc) is 2.71. The number of carbonyl (C=O) groups excluding carboxylic acids is 1. The van der Waals surface area contributed by atoms with E-state index < -0.39 is 5.97 Å². The van der Waals surface area contributed by atoms with Gasteiger partial charge in [0.15, 0.2) is 5.69 Å². The van der Waals surface area contributed by atoms with Gasteiger partial charge in [0.2, 0.25) is 0 Å². The highest BCUT2D eigenvalue weighted by atomic mass is 79.9. The molecule has 0 saturated heterocycles. The number of halogens is 1. The Kier molecular flexibility index (Phi) is 4.56. The molecule has 0 atom stereocenters. The minimum atomic E-state index is -0.627. The van der Waals surface area contributed by atoms with Crippen molar-refractivity contribution in [1.82, 2.24) is 9.78 Å². The molecule has 1 aromatic heterocycles. The third-order valence-corrected chi connectivity index (χ3v) is 4.55. The number of benzene rings is 3. The quantitative estimate of drug-likeness (QED) is 0.364.